The van der Waals surface area contributed by atoms with E-state index in [1.807, 2.05) is 97.1 Å². The molecule has 0 saturated heterocycles. The molecule has 4 heteroatoms. The fourth-order valence-corrected chi connectivity index (χ4v) is 5.08. The van der Waals surface area contributed by atoms with Crippen LogP contribution in [0.5, 0.6) is 17.2 Å². The van der Waals surface area contributed by atoms with Gasteiger partial charge in [0.15, 0.2) is 5.60 Å². The number of ether oxygens (including phenoxy) is 3. The van der Waals surface area contributed by atoms with Gasteiger partial charge in [0.1, 0.15) is 17.2 Å². The van der Waals surface area contributed by atoms with E-state index in [9.17, 15) is 4.79 Å². The molecule has 36 heavy (non-hydrogen) atoms. The van der Waals surface area contributed by atoms with Gasteiger partial charge in [-0.05, 0) is 48.0 Å². The van der Waals surface area contributed by atoms with E-state index >= 15 is 0 Å². The van der Waals surface area contributed by atoms with Crippen molar-refractivity contribution in [3.05, 3.63) is 137 Å². The molecule has 0 fully saturated rings. The van der Waals surface area contributed by atoms with E-state index in [0.29, 0.717) is 11.3 Å². The van der Waals surface area contributed by atoms with Crippen molar-refractivity contribution in [3.63, 3.8) is 0 Å². The first-order chi connectivity index (χ1) is 17.6. The summed E-state index contributed by atoms with van der Waals surface area (Å²) in [5, 5.41) is 2.10. The van der Waals surface area contributed by atoms with Crippen LogP contribution in [0.4, 0.5) is 0 Å². The summed E-state index contributed by atoms with van der Waals surface area (Å²) < 4.78 is 17.4. The average Bonchev–Trinajstić information content (AvgIpc) is 3.22. The molecule has 4 nitrogen and oxygen atoms in total. The SMILES string of the molecule is COc1ccc(C)cc1.O=C1OC2(c3ccccc3Oc3ccc4ccccc4c32)c2ccccc21. The van der Waals surface area contributed by atoms with Crippen molar-refractivity contribution in [2.45, 2.75) is 12.5 Å². The number of hydrogen-bond acceptors (Lipinski definition) is 4. The first-order valence-electron chi connectivity index (χ1n) is 11.8. The van der Waals surface area contributed by atoms with Gasteiger partial charge in [-0.25, -0.2) is 4.79 Å². The van der Waals surface area contributed by atoms with Gasteiger partial charge in [0.05, 0.1) is 18.2 Å². The standard InChI is InChI=1S/C24H14O3.C8H10O/c25-23-17-9-3-4-10-18(17)24(27-23)19-11-5-6-12-20(19)26-21-14-13-15-7-1-2-8-16(15)22(21)24;1-7-3-5-8(9-2)6-4-7/h1-14H;3-6H,1-2H3. The number of fused-ring (bicyclic) bond motifs is 8. The number of para-hydroxylation sites is 1. The summed E-state index contributed by atoms with van der Waals surface area (Å²) in [5.41, 5.74) is 3.47. The summed E-state index contributed by atoms with van der Waals surface area (Å²) in [6.45, 7) is 2.06. The zero-order valence-corrected chi connectivity index (χ0v) is 20.0. The second kappa shape index (κ2) is 8.58. The lowest BCUT2D eigenvalue weighted by atomic mass is 9.76. The highest BCUT2D eigenvalue weighted by Crippen LogP contribution is 2.57. The van der Waals surface area contributed by atoms with Crippen LogP contribution in [0.3, 0.4) is 0 Å². The van der Waals surface area contributed by atoms with Crippen molar-refractivity contribution in [1.82, 2.24) is 0 Å². The second-order valence-electron chi connectivity index (χ2n) is 8.89. The Hall–Kier alpha value is -4.57. The molecule has 176 valence electrons. The summed E-state index contributed by atoms with van der Waals surface area (Å²) in [4.78, 5) is 12.8. The molecule has 1 atom stereocenters. The van der Waals surface area contributed by atoms with Gasteiger partial charge in [0.2, 0.25) is 0 Å². The fraction of sp³-hybridized carbons (Fsp3) is 0.0938. The molecule has 0 amide bonds. The first kappa shape index (κ1) is 21.9. The largest absolute Gasteiger partial charge is 0.497 e. The van der Waals surface area contributed by atoms with Gasteiger partial charge in [-0.1, -0.05) is 84.4 Å². The van der Waals surface area contributed by atoms with E-state index in [2.05, 4.69) is 19.1 Å². The summed E-state index contributed by atoms with van der Waals surface area (Å²) in [5.74, 6) is 2.04. The highest BCUT2D eigenvalue weighted by molar-refractivity contribution is 5.99. The van der Waals surface area contributed by atoms with Crippen molar-refractivity contribution in [2.24, 2.45) is 0 Å². The van der Waals surface area contributed by atoms with Crippen LogP contribution in [0.2, 0.25) is 0 Å². The molecule has 1 spiro atoms. The summed E-state index contributed by atoms with van der Waals surface area (Å²) in [6, 6.07) is 35.5. The van der Waals surface area contributed by atoms with Crippen LogP contribution in [0.1, 0.15) is 32.6 Å². The molecule has 0 aromatic heterocycles. The van der Waals surface area contributed by atoms with Crippen LogP contribution in [0, 0.1) is 6.92 Å². The minimum Gasteiger partial charge on any atom is -0.497 e. The van der Waals surface area contributed by atoms with Gasteiger partial charge in [-0.15, -0.1) is 0 Å². The Morgan fingerprint density at radius 1 is 0.694 bits per heavy atom. The Morgan fingerprint density at radius 3 is 2.19 bits per heavy atom. The number of carbonyl (C=O) groups is 1. The van der Waals surface area contributed by atoms with Gasteiger partial charge in [0.25, 0.3) is 0 Å². The Bertz CT molecular complexity index is 1600. The lowest BCUT2D eigenvalue weighted by Gasteiger charge is -2.37. The number of carbonyl (C=O) groups excluding carboxylic acids is 1. The summed E-state index contributed by atoms with van der Waals surface area (Å²) >= 11 is 0. The van der Waals surface area contributed by atoms with Crippen molar-refractivity contribution < 1.29 is 19.0 Å². The van der Waals surface area contributed by atoms with Crippen LogP contribution in [0.15, 0.2) is 109 Å². The Kier molecular flexibility index (Phi) is 5.23. The zero-order chi connectivity index (χ0) is 24.7. The third-order valence-electron chi connectivity index (χ3n) is 6.76. The Labute approximate surface area is 209 Å². The number of hydrogen-bond donors (Lipinski definition) is 0. The zero-order valence-electron chi connectivity index (χ0n) is 20.0. The molecule has 5 aromatic carbocycles. The lowest BCUT2D eigenvalue weighted by molar-refractivity contribution is 0.0229. The van der Waals surface area contributed by atoms with E-state index < -0.39 is 5.60 Å². The van der Waals surface area contributed by atoms with E-state index in [1.165, 1.54) is 5.56 Å². The lowest BCUT2D eigenvalue weighted by Crippen LogP contribution is -2.33. The highest BCUT2D eigenvalue weighted by atomic mass is 16.6. The molecule has 0 N–H and O–H groups in total. The van der Waals surface area contributed by atoms with Gasteiger partial charge in [-0.2, -0.15) is 0 Å². The number of rotatable bonds is 1. The molecular weight excluding hydrogens is 448 g/mol. The molecule has 2 aliphatic rings. The van der Waals surface area contributed by atoms with Crippen LogP contribution in [-0.2, 0) is 10.3 Å². The first-order valence-corrected chi connectivity index (χ1v) is 11.8. The Morgan fingerprint density at radius 2 is 1.39 bits per heavy atom. The van der Waals surface area contributed by atoms with Crippen LogP contribution in [-0.4, -0.2) is 13.1 Å². The number of methoxy groups -OCH3 is 1. The quantitative estimate of drug-likeness (QED) is 0.238. The van der Waals surface area contributed by atoms with Crippen molar-refractivity contribution in [3.8, 4) is 17.2 Å². The van der Waals surface area contributed by atoms with Crippen molar-refractivity contribution >= 4 is 16.7 Å². The van der Waals surface area contributed by atoms with E-state index in [4.69, 9.17) is 14.2 Å². The third kappa shape index (κ3) is 3.34. The van der Waals surface area contributed by atoms with Crippen LogP contribution in [0.25, 0.3) is 10.8 Å². The maximum Gasteiger partial charge on any atom is 0.340 e. The molecule has 5 aromatic rings. The smallest absolute Gasteiger partial charge is 0.340 e. The minimum atomic E-state index is -1.00. The van der Waals surface area contributed by atoms with Gasteiger partial charge in [-0.3, -0.25) is 0 Å². The van der Waals surface area contributed by atoms with E-state index in [1.54, 1.807) is 7.11 Å². The number of esters is 1. The van der Waals surface area contributed by atoms with Crippen LogP contribution >= 0.6 is 0 Å². The number of aryl methyl sites for hydroxylation is 1. The normalized spacial score (nSPS) is 16.7. The summed E-state index contributed by atoms with van der Waals surface area (Å²) in [7, 11) is 1.67. The van der Waals surface area contributed by atoms with Gasteiger partial charge < -0.3 is 14.2 Å². The van der Waals surface area contributed by atoms with Crippen molar-refractivity contribution in [1.29, 1.82) is 0 Å². The molecule has 0 aliphatic carbocycles. The monoisotopic (exact) mass is 472 g/mol. The predicted molar refractivity (Wildman–Crippen MR) is 140 cm³/mol. The van der Waals surface area contributed by atoms with Crippen LogP contribution < -0.4 is 9.47 Å². The average molecular weight is 473 g/mol. The fourth-order valence-electron chi connectivity index (χ4n) is 5.08. The second-order valence-corrected chi connectivity index (χ2v) is 8.89. The maximum absolute atomic E-state index is 12.8. The minimum absolute atomic E-state index is 0.304. The molecule has 1 unspecified atom stereocenters. The molecule has 0 bridgehead atoms. The van der Waals surface area contributed by atoms with Crippen molar-refractivity contribution in [2.75, 3.05) is 7.11 Å². The summed E-state index contributed by atoms with van der Waals surface area (Å²) in [6.07, 6.45) is 0. The molecule has 2 aliphatic heterocycles. The molecule has 0 radical (unpaired) electrons. The number of benzene rings is 5. The maximum atomic E-state index is 12.8. The molecular formula is C32H24O4. The molecule has 0 saturated carbocycles. The molecule has 7 rings (SSSR count). The van der Waals surface area contributed by atoms with E-state index in [-0.39, 0.29) is 5.97 Å². The topological polar surface area (TPSA) is 44.8 Å². The molecule has 2 heterocycles. The Balaban J connectivity index is 0.000000228. The van der Waals surface area contributed by atoms with Gasteiger partial charge >= 0.3 is 5.97 Å². The third-order valence-corrected chi connectivity index (χ3v) is 6.76. The highest BCUT2D eigenvalue weighted by Gasteiger charge is 2.54. The predicted octanol–water partition coefficient (Wildman–Crippen LogP) is 7.41. The van der Waals surface area contributed by atoms with Gasteiger partial charge in [0, 0.05) is 11.1 Å². The van der Waals surface area contributed by atoms with E-state index in [0.717, 1.165) is 39.0 Å².